The van der Waals surface area contributed by atoms with Crippen molar-refractivity contribution >= 4 is 11.0 Å². The van der Waals surface area contributed by atoms with E-state index in [-0.39, 0.29) is 11.5 Å². The van der Waals surface area contributed by atoms with E-state index >= 15 is 0 Å². The average Bonchev–Trinajstić information content (AvgIpc) is 3.35. The summed E-state index contributed by atoms with van der Waals surface area (Å²) in [5.74, 6) is 1.04. The highest BCUT2D eigenvalue weighted by atomic mass is 19.3. The van der Waals surface area contributed by atoms with Gasteiger partial charge >= 0.3 is 6.29 Å². The SMILES string of the molecule is FC1(F)Oc2ccc(CCc3ccc4cc(-c5nn[nH]n5)oc4c3)cc2O1. The molecule has 0 unspecified atom stereocenters. The lowest BCUT2D eigenvalue weighted by molar-refractivity contribution is -0.286. The van der Waals surface area contributed by atoms with E-state index in [0.29, 0.717) is 24.4 Å². The molecule has 0 radical (unpaired) electrons. The molecule has 3 heterocycles. The maximum Gasteiger partial charge on any atom is 0.586 e. The first-order valence-corrected chi connectivity index (χ1v) is 8.21. The smallest absolute Gasteiger partial charge is 0.453 e. The summed E-state index contributed by atoms with van der Waals surface area (Å²) in [6.45, 7) is 0. The van der Waals surface area contributed by atoms with Crippen molar-refractivity contribution < 1.29 is 22.7 Å². The van der Waals surface area contributed by atoms with Crippen LogP contribution in [0.5, 0.6) is 11.5 Å². The van der Waals surface area contributed by atoms with Gasteiger partial charge in [-0.25, -0.2) is 0 Å². The molecule has 27 heavy (non-hydrogen) atoms. The number of alkyl halides is 2. The Balaban J connectivity index is 1.33. The standard InChI is InChI=1S/C18H12F2N4O3/c19-18(20)26-13-6-4-11(8-15(13)27-18)2-1-10-3-5-12-9-16(25-14(12)7-10)17-21-23-24-22-17/h3-9H,1-2H2,(H,21,22,23,24). The molecule has 136 valence electrons. The molecule has 0 fully saturated rings. The first-order valence-electron chi connectivity index (χ1n) is 8.21. The first-order chi connectivity index (χ1) is 13.1. The fraction of sp³-hybridized carbons (Fsp3) is 0.167. The number of H-pyrrole nitrogens is 1. The number of halogens is 2. The van der Waals surface area contributed by atoms with Crippen LogP contribution in [-0.2, 0) is 12.8 Å². The van der Waals surface area contributed by atoms with E-state index in [1.54, 1.807) is 12.1 Å². The number of rotatable bonds is 4. The summed E-state index contributed by atoms with van der Waals surface area (Å²) in [5, 5.41) is 14.6. The average molecular weight is 370 g/mol. The maximum absolute atomic E-state index is 13.1. The Bertz CT molecular complexity index is 1130. The highest BCUT2D eigenvalue weighted by Crippen LogP contribution is 2.41. The van der Waals surface area contributed by atoms with Gasteiger partial charge in [0.1, 0.15) is 5.58 Å². The van der Waals surface area contributed by atoms with Crippen molar-refractivity contribution in [2.24, 2.45) is 0 Å². The second kappa shape index (κ2) is 5.76. The molecule has 5 rings (SSSR count). The van der Waals surface area contributed by atoms with Crippen LogP contribution >= 0.6 is 0 Å². The van der Waals surface area contributed by atoms with Crippen molar-refractivity contribution in [1.29, 1.82) is 0 Å². The zero-order chi connectivity index (χ0) is 18.4. The second-order valence-corrected chi connectivity index (χ2v) is 6.17. The minimum absolute atomic E-state index is 0.0507. The van der Waals surface area contributed by atoms with E-state index in [2.05, 4.69) is 30.1 Å². The predicted molar refractivity (Wildman–Crippen MR) is 89.4 cm³/mol. The Morgan fingerprint density at radius 3 is 2.52 bits per heavy atom. The minimum atomic E-state index is -3.60. The molecule has 2 aromatic carbocycles. The van der Waals surface area contributed by atoms with Crippen LogP contribution in [0, 0.1) is 0 Å². The van der Waals surface area contributed by atoms with Crippen LogP contribution in [-0.4, -0.2) is 26.9 Å². The molecule has 1 aliphatic heterocycles. The number of hydrogen-bond acceptors (Lipinski definition) is 6. The number of aromatic nitrogens is 4. The Hall–Kier alpha value is -3.49. The highest BCUT2D eigenvalue weighted by molar-refractivity contribution is 5.82. The lowest BCUT2D eigenvalue weighted by Gasteiger charge is -2.04. The molecule has 4 aromatic rings. The molecule has 0 aliphatic carbocycles. The quantitative estimate of drug-likeness (QED) is 0.589. The van der Waals surface area contributed by atoms with Gasteiger partial charge in [0.15, 0.2) is 17.3 Å². The van der Waals surface area contributed by atoms with Gasteiger partial charge in [0.25, 0.3) is 0 Å². The number of aromatic amines is 1. The van der Waals surface area contributed by atoms with Crippen LogP contribution in [0.4, 0.5) is 8.78 Å². The van der Waals surface area contributed by atoms with Gasteiger partial charge in [-0.2, -0.15) is 5.21 Å². The van der Waals surface area contributed by atoms with Crippen molar-refractivity contribution in [3.05, 3.63) is 53.6 Å². The number of tetrazole rings is 1. The Morgan fingerprint density at radius 1 is 0.926 bits per heavy atom. The second-order valence-electron chi connectivity index (χ2n) is 6.17. The Morgan fingerprint density at radius 2 is 1.70 bits per heavy atom. The van der Waals surface area contributed by atoms with E-state index in [9.17, 15) is 8.78 Å². The number of nitrogens with one attached hydrogen (secondary N) is 1. The summed E-state index contributed by atoms with van der Waals surface area (Å²) in [7, 11) is 0. The third-order valence-electron chi connectivity index (χ3n) is 4.32. The van der Waals surface area contributed by atoms with E-state index in [1.807, 2.05) is 24.3 Å². The van der Waals surface area contributed by atoms with Crippen molar-refractivity contribution in [3.8, 4) is 23.1 Å². The fourth-order valence-electron chi connectivity index (χ4n) is 3.05. The number of fused-ring (bicyclic) bond motifs is 2. The lowest BCUT2D eigenvalue weighted by atomic mass is 10.0. The number of ether oxygens (including phenoxy) is 2. The van der Waals surface area contributed by atoms with E-state index in [1.165, 1.54) is 6.07 Å². The van der Waals surface area contributed by atoms with Crippen molar-refractivity contribution in [1.82, 2.24) is 20.6 Å². The summed E-state index contributed by atoms with van der Waals surface area (Å²) in [6, 6.07) is 12.6. The highest BCUT2D eigenvalue weighted by Gasteiger charge is 2.43. The largest absolute Gasteiger partial charge is 0.586 e. The fourth-order valence-corrected chi connectivity index (χ4v) is 3.05. The van der Waals surface area contributed by atoms with Gasteiger partial charge in [-0.05, 0) is 53.4 Å². The van der Waals surface area contributed by atoms with Crippen LogP contribution in [0.25, 0.3) is 22.6 Å². The number of nitrogens with zero attached hydrogens (tertiary/aromatic N) is 3. The Labute approximate surface area is 150 Å². The molecule has 2 aromatic heterocycles. The van der Waals surface area contributed by atoms with Gasteiger partial charge in [-0.1, -0.05) is 18.2 Å². The summed E-state index contributed by atoms with van der Waals surface area (Å²) >= 11 is 0. The summed E-state index contributed by atoms with van der Waals surface area (Å²) in [6.07, 6.45) is -2.22. The van der Waals surface area contributed by atoms with Gasteiger partial charge in [0.2, 0.25) is 5.82 Å². The van der Waals surface area contributed by atoms with E-state index < -0.39 is 6.29 Å². The van der Waals surface area contributed by atoms with E-state index in [4.69, 9.17) is 4.42 Å². The summed E-state index contributed by atoms with van der Waals surface area (Å²) in [4.78, 5) is 0. The molecule has 0 spiro atoms. The van der Waals surface area contributed by atoms with Crippen molar-refractivity contribution in [3.63, 3.8) is 0 Å². The van der Waals surface area contributed by atoms with Crippen LogP contribution < -0.4 is 9.47 Å². The number of furan rings is 1. The third-order valence-corrected chi connectivity index (χ3v) is 4.32. The molecular formula is C18H12F2N4O3. The molecule has 9 heteroatoms. The topological polar surface area (TPSA) is 86.1 Å². The third kappa shape index (κ3) is 2.97. The molecule has 7 nitrogen and oxygen atoms in total. The van der Waals surface area contributed by atoms with Crippen LogP contribution in [0.15, 0.2) is 46.9 Å². The Kier molecular flexibility index (Phi) is 3.36. The molecule has 0 saturated heterocycles. The van der Waals surface area contributed by atoms with Crippen LogP contribution in [0.3, 0.4) is 0 Å². The number of hydrogen-bond donors (Lipinski definition) is 1. The first kappa shape index (κ1) is 15.7. The molecular weight excluding hydrogens is 358 g/mol. The molecule has 0 saturated carbocycles. The monoisotopic (exact) mass is 370 g/mol. The van der Waals surface area contributed by atoms with Gasteiger partial charge in [-0.15, -0.1) is 19.0 Å². The van der Waals surface area contributed by atoms with Crippen molar-refractivity contribution in [2.75, 3.05) is 0 Å². The minimum Gasteiger partial charge on any atom is -0.453 e. The number of aryl methyl sites for hydroxylation is 2. The zero-order valence-corrected chi connectivity index (χ0v) is 13.8. The summed E-state index contributed by atoms with van der Waals surface area (Å²) in [5.41, 5.74) is 2.65. The van der Waals surface area contributed by atoms with Crippen molar-refractivity contribution in [2.45, 2.75) is 19.1 Å². The van der Waals surface area contributed by atoms with Gasteiger partial charge in [-0.3, -0.25) is 0 Å². The predicted octanol–water partition coefficient (Wildman–Crippen LogP) is 3.72. The molecule has 0 bridgehead atoms. The zero-order valence-electron chi connectivity index (χ0n) is 13.8. The van der Waals surface area contributed by atoms with Gasteiger partial charge in [0, 0.05) is 5.39 Å². The lowest BCUT2D eigenvalue weighted by Crippen LogP contribution is -2.25. The maximum atomic E-state index is 13.1. The van der Waals surface area contributed by atoms with E-state index in [0.717, 1.165) is 22.1 Å². The van der Waals surface area contributed by atoms with Gasteiger partial charge < -0.3 is 13.9 Å². The number of benzene rings is 2. The summed E-state index contributed by atoms with van der Waals surface area (Å²) < 4.78 is 40.9. The molecule has 0 amide bonds. The molecule has 1 aliphatic rings. The normalized spacial score (nSPS) is 14.7. The van der Waals surface area contributed by atoms with Crippen LogP contribution in [0.1, 0.15) is 11.1 Å². The molecule has 1 N–H and O–H groups in total. The van der Waals surface area contributed by atoms with Crippen LogP contribution in [0.2, 0.25) is 0 Å². The van der Waals surface area contributed by atoms with Gasteiger partial charge in [0.05, 0.1) is 0 Å². The molecule has 0 atom stereocenters.